The average Bonchev–Trinajstić information content (AvgIpc) is 2.43. The van der Waals surface area contributed by atoms with Gasteiger partial charge in [0.15, 0.2) is 0 Å². The SMILES string of the molecule is CN(C(=O)OC(C)(C)C)[C@@H](Cc1ccc(F)c([N+](=O)[O-])c1)C(=O)O. The maximum Gasteiger partial charge on any atom is 0.410 e. The molecule has 0 saturated carbocycles. The number of hydrogen-bond donors (Lipinski definition) is 1. The van der Waals surface area contributed by atoms with Crippen molar-refractivity contribution in [2.24, 2.45) is 0 Å². The number of carbonyl (C=O) groups excluding carboxylic acids is 1. The van der Waals surface area contributed by atoms with Crippen molar-refractivity contribution in [1.29, 1.82) is 0 Å². The Labute approximate surface area is 138 Å². The van der Waals surface area contributed by atoms with Crippen LogP contribution in [0.5, 0.6) is 0 Å². The van der Waals surface area contributed by atoms with Crippen LogP contribution in [-0.2, 0) is 16.0 Å². The van der Waals surface area contributed by atoms with Gasteiger partial charge < -0.3 is 9.84 Å². The summed E-state index contributed by atoms with van der Waals surface area (Å²) in [5, 5.41) is 20.1. The molecule has 8 nitrogen and oxygen atoms in total. The van der Waals surface area contributed by atoms with E-state index in [9.17, 15) is 29.2 Å². The van der Waals surface area contributed by atoms with Gasteiger partial charge in [0.25, 0.3) is 0 Å². The maximum absolute atomic E-state index is 13.3. The predicted octanol–water partition coefficient (Wildman–Crippen LogP) is 2.60. The maximum atomic E-state index is 13.3. The molecule has 1 amide bonds. The Hall–Kier alpha value is -2.71. The van der Waals surface area contributed by atoms with Gasteiger partial charge in [0.1, 0.15) is 11.6 Å². The van der Waals surface area contributed by atoms with Crippen molar-refractivity contribution in [2.75, 3.05) is 7.05 Å². The number of carboxylic acids is 1. The molecule has 0 radical (unpaired) electrons. The van der Waals surface area contributed by atoms with E-state index >= 15 is 0 Å². The summed E-state index contributed by atoms with van der Waals surface area (Å²) in [6.45, 7) is 4.91. The van der Waals surface area contributed by atoms with Crippen LogP contribution in [0.15, 0.2) is 18.2 Å². The molecule has 9 heteroatoms. The highest BCUT2D eigenvalue weighted by molar-refractivity contribution is 5.80. The van der Waals surface area contributed by atoms with Gasteiger partial charge in [-0.1, -0.05) is 6.07 Å². The summed E-state index contributed by atoms with van der Waals surface area (Å²) >= 11 is 0. The molecule has 1 N–H and O–H groups in total. The van der Waals surface area contributed by atoms with E-state index in [1.54, 1.807) is 20.8 Å². The third kappa shape index (κ3) is 5.18. The zero-order chi connectivity index (χ0) is 18.7. The Bertz CT molecular complexity index is 656. The minimum atomic E-state index is -1.31. The second-order valence-electron chi connectivity index (χ2n) is 6.19. The fourth-order valence-electron chi connectivity index (χ4n) is 1.90. The number of amides is 1. The molecule has 0 aliphatic rings. The van der Waals surface area contributed by atoms with Crippen molar-refractivity contribution in [1.82, 2.24) is 4.90 Å². The smallest absolute Gasteiger partial charge is 0.410 e. The zero-order valence-electron chi connectivity index (χ0n) is 13.8. The second-order valence-corrected chi connectivity index (χ2v) is 6.19. The van der Waals surface area contributed by atoms with Crippen molar-refractivity contribution in [2.45, 2.75) is 38.8 Å². The minimum absolute atomic E-state index is 0.214. The Balaban J connectivity index is 3.02. The van der Waals surface area contributed by atoms with Gasteiger partial charge in [-0.15, -0.1) is 0 Å². The van der Waals surface area contributed by atoms with E-state index < -0.39 is 40.1 Å². The first-order chi connectivity index (χ1) is 10.9. The van der Waals surface area contributed by atoms with Crippen LogP contribution in [0.1, 0.15) is 26.3 Å². The quantitative estimate of drug-likeness (QED) is 0.650. The summed E-state index contributed by atoms with van der Waals surface area (Å²) < 4.78 is 18.5. The molecule has 0 aliphatic carbocycles. The van der Waals surface area contributed by atoms with Crippen molar-refractivity contribution in [3.05, 3.63) is 39.7 Å². The lowest BCUT2D eigenvalue weighted by molar-refractivity contribution is -0.387. The summed E-state index contributed by atoms with van der Waals surface area (Å²) in [4.78, 5) is 34.2. The lowest BCUT2D eigenvalue weighted by Crippen LogP contribution is -2.46. The number of carboxylic acid groups (broad SMARTS) is 1. The fraction of sp³-hybridized carbons (Fsp3) is 0.467. The predicted molar refractivity (Wildman–Crippen MR) is 82.2 cm³/mol. The number of carbonyl (C=O) groups is 2. The first kappa shape index (κ1) is 19.3. The van der Waals surface area contributed by atoms with Gasteiger partial charge in [0, 0.05) is 19.5 Å². The van der Waals surface area contributed by atoms with Crippen molar-refractivity contribution in [3.8, 4) is 0 Å². The van der Waals surface area contributed by atoms with Crippen molar-refractivity contribution < 1.29 is 28.7 Å². The first-order valence-electron chi connectivity index (χ1n) is 7.04. The molecule has 0 bridgehead atoms. The van der Waals surface area contributed by atoms with Gasteiger partial charge in [0.05, 0.1) is 4.92 Å². The number of rotatable bonds is 5. The van der Waals surface area contributed by atoms with E-state index in [2.05, 4.69) is 0 Å². The summed E-state index contributed by atoms with van der Waals surface area (Å²) in [5.74, 6) is -2.33. The zero-order valence-corrected chi connectivity index (χ0v) is 13.8. The van der Waals surface area contributed by atoms with Crippen LogP contribution in [-0.4, -0.2) is 45.7 Å². The van der Waals surface area contributed by atoms with Crippen LogP contribution in [0.3, 0.4) is 0 Å². The number of benzene rings is 1. The first-order valence-corrected chi connectivity index (χ1v) is 7.04. The minimum Gasteiger partial charge on any atom is -0.480 e. The van der Waals surface area contributed by atoms with E-state index in [4.69, 9.17) is 4.74 Å². The summed E-state index contributed by atoms with van der Waals surface area (Å²) in [6, 6.07) is 1.76. The highest BCUT2D eigenvalue weighted by Crippen LogP contribution is 2.21. The number of hydrogen-bond acceptors (Lipinski definition) is 5. The van der Waals surface area contributed by atoms with Gasteiger partial charge in [-0.3, -0.25) is 15.0 Å². The molecule has 1 aromatic carbocycles. The summed E-state index contributed by atoms with van der Waals surface area (Å²) in [7, 11) is 1.25. The van der Waals surface area contributed by atoms with Gasteiger partial charge >= 0.3 is 17.7 Å². The number of nitro groups is 1. The molecule has 0 aromatic heterocycles. The van der Waals surface area contributed by atoms with Crippen LogP contribution < -0.4 is 0 Å². The number of halogens is 1. The molecule has 0 heterocycles. The van der Waals surface area contributed by atoms with Gasteiger partial charge in [-0.25, -0.2) is 9.59 Å². The van der Waals surface area contributed by atoms with Crippen LogP contribution in [0.25, 0.3) is 0 Å². The fourth-order valence-corrected chi connectivity index (χ4v) is 1.90. The molecule has 0 unspecified atom stereocenters. The highest BCUT2D eigenvalue weighted by atomic mass is 19.1. The van der Waals surface area contributed by atoms with Crippen molar-refractivity contribution >= 4 is 17.7 Å². The number of ether oxygens (including phenoxy) is 1. The molecule has 1 atom stereocenters. The Morgan fingerprint density at radius 3 is 2.46 bits per heavy atom. The van der Waals surface area contributed by atoms with Crippen LogP contribution >= 0.6 is 0 Å². The number of nitro benzene ring substituents is 1. The molecule has 0 fully saturated rings. The standard InChI is InChI=1S/C15H19FN2O6/c1-15(2,3)24-14(21)17(4)12(13(19)20)8-9-5-6-10(16)11(7-9)18(22)23/h5-7,12H,8H2,1-4H3,(H,19,20)/t12-/m0/s1. The van der Waals surface area contributed by atoms with Crippen LogP contribution in [0, 0.1) is 15.9 Å². The van der Waals surface area contributed by atoms with Gasteiger partial charge in [-0.05, 0) is 32.4 Å². The van der Waals surface area contributed by atoms with E-state index in [0.717, 1.165) is 17.0 Å². The molecule has 0 spiro atoms. The van der Waals surface area contributed by atoms with Gasteiger partial charge in [0.2, 0.25) is 5.82 Å². The average molecular weight is 342 g/mol. The third-order valence-corrected chi connectivity index (χ3v) is 3.07. The van der Waals surface area contributed by atoms with Crippen LogP contribution in [0.2, 0.25) is 0 Å². The molecule has 24 heavy (non-hydrogen) atoms. The second kappa shape index (κ2) is 7.24. The van der Waals surface area contributed by atoms with Crippen molar-refractivity contribution in [3.63, 3.8) is 0 Å². The largest absolute Gasteiger partial charge is 0.480 e. The molecular weight excluding hydrogens is 323 g/mol. The Morgan fingerprint density at radius 1 is 1.42 bits per heavy atom. The van der Waals surface area contributed by atoms with Crippen LogP contribution in [0.4, 0.5) is 14.9 Å². The number of likely N-dealkylation sites (N-methyl/N-ethyl adjacent to an activating group) is 1. The summed E-state index contributed by atoms with van der Waals surface area (Å²) in [6.07, 6.45) is -1.07. The summed E-state index contributed by atoms with van der Waals surface area (Å²) in [5.41, 5.74) is -1.34. The molecule has 1 aromatic rings. The Morgan fingerprint density at radius 2 is 2.00 bits per heavy atom. The lowest BCUT2D eigenvalue weighted by atomic mass is 10.0. The highest BCUT2D eigenvalue weighted by Gasteiger charge is 2.30. The molecule has 1 rings (SSSR count). The van der Waals surface area contributed by atoms with E-state index in [1.165, 1.54) is 13.1 Å². The monoisotopic (exact) mass is 342 g/mol. The Kier molecular flexibility index (Phi) is 5.83. The van der Waals surface area contributed by atoms with E-state index in [1.807, 2.05) is 0 Å². The molecule has 0 saturated heterocycles. The number of aliphatic carboxylic acids is 1. The molecule has 132 valence electrons. The third-order valence-electron chi connectivity index (χ3n) is 3.07. The normalized spacial score (nSPS) is 12.4. The number of nitrogens with zero attached hydrogens (tertiary/aromatic N) is 2. The van der Waals surface area contributed by atoms with Gasteiger partial charge in [-0.2, -0.15) is 4.39 Å². The van der Waals surface area contributed by atoms with E-state index in [0.29, 0.717) is 0 Å². The lowest BCUT2D eigenvalue weighted by Gasteiger charge is -2.28. The van der Waals surface area contributed by atoms with E-state index in [-0.39, 0.29) is 12.0 Å². The molecular formula is C15H19FN2O6. The topological polar surface area (TPSA) is 110 Å². The molecule has 0 aliphatic heterocycles.